The average molecular weight is 1200 g/mol. The second kappa shape index (κ2) is 75.1. The second-order valence-corrected chi connectivity index (χ2v) is 27.4. The maximum Gasteiger partial charge on any atom is 0.305 e. The zero-order valence-electron chi connectivity index (χ0n) is 58.1. The largest absolute Gasteiger partial charge is 0.466 e. The molecule has 0 heterocycles. The Morgan fingerprint density at radius 1 is 0.318 bits per heavy atom. The topological polar surface area (TPSA) is 95.9 Å². The Kier molecular flexibility index (Phi) is 73.8. The summed E-state index contributed by atoms with van der Waals surface area (Å²) in [6.07, 6.45) is 94.7. The van der Waals surface area contributed by atoms with Crippen molar-refractivity contribution in [1.29, 1.82) is 0 Å². The number of allylic oxidation sites excluding steroid dienone is 1. The fourth-order valence-corrected chi connectivity index (χ4v) is 12.8. The van der Waals surface area contributed by atoms with E-state index in [1.807, 2.05) is 6.08 Å². The number of aliphatic hydroxyl groups excluding tert-OH is 2. The molecule has 0 fully saturated rings. The van der Waals surface area contributed by atoms with Crippen LogP contribution >= 0.6 is 0 Å². The number of hydrogen-bond acceptors (Lipinski definition) is 5. The number of esters is 1. The normalized spacial score (nSPS) is 12.5. The molecule has 0 aliphatic rings. The van der Waals surface area contributed by atoms with Crippen molar-refractivity contribution in [2.24, 2.45) is 0 Å². The SMILES string of the molecule is CCCCCCCCCCCCCCCCCCCCCCCC/C=C/C(O)C(CO)NC(=O)CCCCCCCCCCCCCCCCCCCCCCCCCCCCCCOC(=O)CCCCCCCCCCCCCCCCCC. The molecular weight excluding hydrogens is 1040 g/mol. The van der Waals surface area contributed by atoms with Gasteiger partial charge < -0.3 is 20.3 Å². The van der Waals surface area contributed by atoms with Crippen molar-refractivity contribution in [1.82, 2.24) is 5.32 Å². The number of nitrogens with one attached hydrogen (secondary N) is 1. The number of carbonyl (C=O) groups is 2. The highest BCUT2D eigenvalue weighted by molar-refractivity contribution is 5.76. The van der Waals surface area contributed by atoms with Crippen molar-refractivity contribution < 1.29 is 24.5 Å². The van der Waals surface area contributed by atoms with Crippen molar-refractivity contribution >= 4 is 11.9 Å². The van der Waals surface area contributed by atoms with Crippen molar-refractivity contribution in [2.75, 3.05) is 13.2 Å². The van der Waals surface area contributed by atoms with Crippen LogP contribution < -0.4 is 5.32 Å². The van der Waals surface area contributed by atoms with E-state index in [1.54, 1.807) is 6.08 Å². The quantitative estimate of drug-likeness (QED) is 0.0320. The third-order valence-electron chi connectivity index (χ3n) is 18.8. The average Bonchev–Trinajstić information content (AvgIpc) is 3.51. The first kappa shape index (κ1) is 83.6. The van der Waals surface area contributed by atoms with Gasteiger partial charge in [-0.05, 0) is 32.1 Å². The highest BCUT2D eigenvalue weighted by Gasteiger charge is 2.18. The summed E-state index contributed by atoms with van der Waals surface area (Å²) in [6, 6.07) is -0.626. The van der Waals surface area contributed by atoms with E-state index in [2.05, 4.69) is 19.2 Å². The Labute approximate surface area is 533 Å². The Hall–Kier alpha value is -1.40. The zero-order chi connectivity index (χ0) is 61.3. The molecule has 0 aromatic rings. The Bertz CT molecular complexity index is 1290. The molecule has 0 spiro atoms. The van der Waals surface area contributed by atoms with E-state index in [9.17, 15) is 19.8 Å². The molecule has 0 rings (SSSR count). The van der Waals surface area contributed by atoms with Crippen LogP contribution in [-0.4, -0.2) is 47.4 Å². The molecule has 0 aliphatic heterocycles. The van der Waals surface area contributed by atoms with Gasteiger partial charge in [-0.3, -0.25) is 9.59 Å². The molecule has 0 aromatic carbocycles. The van der Waals surface area contributed by atoms with E-state index < -0.39 is 12.1 Å². The van der Waals surface area contributed by atoms with Crippen LogP contribution in [0.5, 0.6) is 0 Å². The van der Waals surface area contributed by atoms with Gasteiger partial charge in [0.2, 0.25) is 5.91 Å². The predicted molar refractivity (Wildman–Crippen MR) is 375 cm³/mol. The van der Waals surface area contributed by atoms with Gasteiger partial charge in [-0.2, -0.15) is 0 Å². The molecule has 0 saturated heterocycles. The minimum atomic E-state index is -0.843. The van der Waals surface area contributed by atoms with Crippen molar-refractivity contribution in [3.8, 4) is 0 Å². The Morgan fingerprint density at radius 2 is 0.541 bits per heavy atom. The molecule has 3 N–H and O–H groups in total. The van der Waals surface area contributed by atoms with Gasteiger partial charge in [0.05, 0.1) is 25.4 Å². The molecule has 0 aliphatic carbocycles. The van der Waals surface area contributed by atoms with Gasteiger partial charge in [-0.15, -0.1) is 0 Å². The van der Waals surface area contributed by atoms with Crippen LogP contribution in [0.3, 0.4) is 0 Å². The number of ether oxygens (including phenoxy) is 1. The number of unbranched alkanes of at least 4 members (excludes halogenated alkanes) is 64. The molecule has 1 amide bonds. The summed E-state index contributed by atoms with van der Waals surface area (Å²) in [6.45, 7) is 4.97. The Balaban J connectivity index is 3.36. The minimum Gasteiger partial charge on any atom is -0.466 e. The lowest BCUT2D eigenvalue weighted by Crippen LogP contribution is -2.45. The van der Waals surface area contributed by atoms with E-state index in [1.165, 1.54) is 392 Å². The lowest BCUT2D eigenvalue weighted by molar-refractivity contribution is -0.143. The van der Waals surface area contributed by atoms with Crippen molar-refractivity contribution in [3.63, 3.8) is 0 Å². The zero-order valence-corrected chi connectivity index (χ0v) is 58.1. The maximum absolute atomic E-state index is 12.6. The summed E-state index contributed by atoms with van der Waals surface area (Å²) in [5.74, 6) is -0.0358. The van der Waals surface area contributed by atoms with Gasteiger partial charge in [-0.1, -0.05) is 424 Å². The third kappa shape index (κ3) is 71.6. The molecule has 85 heavy (non-hydrogen) atoms. The first-order valence-corrected chi connectivity index (χ1v) is 39.5. The number of carbonyl (C=O) groups excluding carboxylic acids is 2. The molecule has 0 radical (unpaired) electrons. The number of amides is 1. The van der Waals surface area contributed by atoms with E-state index >= 15 is 0 Å². The molecule has 0 aromatic heterocycles. The van der Waals surface area contributed by atoms with E-state index in [0.29, 0.717) is 19.4 Å². The van der Waals surface area contributed by atoms with Crippen LogP contribution in [-0.2, 0) is 14.3 Å². The fraction of sp³-hybridized carbons (Fsp3) is 0.949. The van der Waals surface area contributed by atoms with E-state index in [-0.39, 0.29) is 18.5 Å². The molecular formula is C79H155NO5. The summed E-state index contributed by atoms with van der Waals surface area (Å²) >= 11 is 0. The number of rotatable bonds is 75. The van der Waals surface area contributed by atoms with Crippen LogP contribution in [0.15, 0.2) is 12.2 Å². The predicted octanol–water partition coefficient (Wildman–Crippen LogP) is 25.9. The first-order chi connectivity index (χ1) is 42.0. The Morgan fingerprint density at radius 3 is 0.800 bits per heavy atom. The summed E-state index contributed by atoms with van der Waals surface area (Å²) in [4.78, 5) is 24.7. The summed E-state index contributed by atoms with van der Waals surface area (Å²) in [5.41, 5.74) is 0. The number of aliphatic hydroxyl groups is 2. The van der Waals surface area contributed by atoms with Gasteiger partial charge >= 0.3 is 5.97 Å². The molecule has 2 unspecified atom stereocenters. The fourth-order valence-electron chi connectivity index (χ4n) is 12.8. The van der Waals surface area contributed by atoms with Crippen LogP contribution in [0.2, 0.25) is 0 Å². The van der Waals surface area contributed by atoms with Crippen LogP contribution in [0.25, 0.3) is 0 Å². The van der Waals surface area contributed by atoms with Crippen LogP contribution in [0.1, 0.15) is 457 Å². The van der Waals surface area contributed by atoms with Gasteiger partial charge in [0.15, 0.2) is 0 Å². The molecule has 2 atom stereocenters. The minimum absolute atomic E-state index is 0.0233. The van der Waals surface area contributed by atoms with Crippen LogP contribution in [0, 0.1) is 0 Å². The smallest absolute Gasteiger partial charge is 0.305 e. The summed E-state index contributed by atoms with van der Waals surface area (Å²) in [7, 11) is 0. The van der Waals surface area contributed by atoms with Gasteiger partial charge in [-0.25, -0.2) is 0 Å². The molecule has 0 saturated carbocycles. The molecule has 0 bridgehead atoms. The monoisotopic (exact) mass is 1200 g/mol. The maximum atomic E-state index is 12.6. The lowest BCUT2D eigenvalue weighted by Gasteiger charge is -2.20. The molecule has 6 heteroatoms. The lowest BCUT2D eigenvalue weighted by atomic mass is 10.0. The van der Waals surface area contributed by atoms with Gasteiger partial charge in [0.25, 0.3) is 0 Å². The standard InChI is InChI=1S/C79H155NO5/c1-3-5-7-9-11-13-15-17-19-21-22-23-24-31-34-37-40-43-47-51-55-59-63-67-71-77(82)76(75-81)80-78(83)72-68-64-60-56-52-48-44-41-38-35-32-29-27-25-26-28-30-33-36-39-42-46-50-54-58-62-66-70-74-85-79(84)73-69-65-61-57-53-49-45-20-18-16-14-12-10-8-6-4-2/h67,71,76-77,81-82H,3-66,68-70,72-75H2,1-2H3,(H,80,83)/b71-67+. The van der Waals surface area contributed by atoms with Crippen molar-refractivity contribution in [2.45, 2.75) is 469 Å². The highest BCUT2D eigenvalue weighted by atomic mass is 16.5. The number of hydrogen-bond donors (Lipinski definition) is 3. The summed E-state index contributed by atoms with van der Waals surface area (Å²) in [5, 5.41) is 23.3. The first-order valence-electron chi connectivity index (χ1n) is 39.5. The van der Waals surface area contributed by atoms with Gasteiger partial charge in [0.1, 0.15) is 0 Å². The second-order valence-electron chi connectivity index (χ2n) is 27.4. The molecule has 506 valence electrons. The van der Waals surface area contributed by atoms with Gasteiger partial charge in [0, 0.05) is 12.8 Å². The van der Waals surface area contributed by atoms with E-state index in [0.717, 1.165) is 38.5 Å². The van der Waals surface area contributed by atoms with Crippen molar-refractivity contribution in [3.05, 3.63) is 12.2 Å². The third-order valence-corrected chi connectivity index (χ3v) is 18.8. The van der Waals surface area contributed by atoms with E-state index in [4.69, 9.17) is 4.74 Å². The highest BCUT2D eigenvalue weighted by Crippen LogP contribution is 2.20. The van der Waals surface area contributed by atoms with Crippen LogP contribution in [0.4, 0.5) is 0 Å². The summed E-state index contributed by atoms with van der Waals surface area (Å²) < 4.78 is 5.51. The molecule has 6 nitrogen and oxygen atoms in total.